The largest absolute Gasteiger partial charge is 0.464 e. The maximum Gasteiger partial charge on any atom is 0.356 e. The van der Waals surface area contributed by atoms with E-state index in [1.54, 1.807) is 6.07 Å². The second-order valence-corrected chi connectivity index (χ2v) is 4.56. The van der Waals surface area contributed by atoms with Gasteiger partial charge in [-0.25, -0.2) is 18.6 Å². The molecule has 0 spiro atoms. The summed E-state index contributed by atoms with van der Waals surface area (Å²) in [6, 6.07) is 3.06. The number of carbonyl (C=O) groups excluding carboxylic acids is 1. The summed E-state index contributed by atoms with van der Waals surface area (Å²) in [5.74, 6) is -2.94. The van der Waals surface area contributed by atoms with E-state index >= 15 is 0 Å². The molecule has 4 nitrogen and oxygen atoms in total. The van der Waals surface area contributed by atoms with Crippen LogP contribution in [-0.2, 0) is 4.74 Å². The maximum atomic E-state index is 12.8. The first-order valence-corrected chi connectivity index (χ1v) is 5.60. The Kier molecular flexibility index (Phi) is 3.03. The van der Waals surface area contributed by atoms with Crippen LogP contribution >= 0.6 is 15.9 Å². The molecule has 0 atom stereocenters. The zero-order valence-electron chi connectivity index (χ0n) is 8.91. The predicted molar refractivity (Wildman–Crippen MR) is 60.4 cm³/mol. The number of pyridine rings is 1. The number of halogens is 3. The Labute approximate surface area is 105 Å². The van der Waals surface area contributed by atoms with Crippen molar-refractivity contribution in [1.82, 2.24) is 4.98 Å². The van der Waals surface area contributed by atoms with Crippen LogP contribution < -0.4 is 4.90 Å². The van der Waals surface area contributed by atoms with Gasteiger partial charge in [-0.1, -0.05) is 0 Å². The molecule has 0 unspecified atom stereocenters. The second-order valence-electron chi connectivity index (χ2n) is 3.71. The fourth-order valence-electron chi connectivity index (χ4n) is 1.53. The number of methoxy groups -OCH3 is 1. The molecular formula is C10H9BrF2N2O2. The first-order valence-electron chi connectivity index (χ1n) is 4.80. The Morgan fingerprint density at radius 2 is 2.18 bits per heavy atom. The van der Waals surface area contributed by atoms with Crippen LogP contribution in [0.2, 0.25) is 0 Å². The number of alkyl halides is 2. The predicted octanol–water partition coefficient (Wildman–Crippen LogP) is 2.09. The Hall–Kier alpha value is -1.24. The highest BCUT2D eigenvalue weighted by Gasteiger charge is 2.45. The van der Waals surface area contributed by atoms with E-state index in [0.29, 0.717) is 10.3 Å². The molecule has 0 bridgehead atoms. The molecule has 92 valence electrons. The number of rotatable bonds is 2. The lowest BCUT2D eigenvalue weighted by atomic mass is 10.1. The molecule has 17 heavy (non-hydrogen) atoms. The van der Waals surface area contributed by atoms with Crippen LogP contribution in [-0.4, -0.2) is 37.1 Å². The number of ether oxygens (including phenoxy) is 1. The second kappa shape index (κ2) is 4.21. The van der Waals surface area contributed by atoms with Gasteiger partial charge in [0.25, 0.3) is 5.92 Å². The average molecular weight is 307 g/mol. The molecule has 2 rings (SSSR count). The molecule has 0 amide bonds. The van der Waals surface area contributed by atoms with E-state index in [1.165, 1.54) is 18.1 Å². The molecule has 1 saturated heterocycles. The van der Waals surface area contributed by atoms with Gasteiger partial charge in [0.05, 0.1) is 24.7 Å². The molecule has 1 aliphatic heterocycles. The topological polar surface area (TPSA) is 42.4 Å². The summed E-state index contributed by atoms with van der Waals surface area (Å²) in [6.07, 6.45) is 0. The molecule has 1 aromatic heterocycles. The highest BCUT2D eigenvalue weighted by molar-refractivity contribution is 9.10. The van der Waals surface area contributed by atoms with Gasteiger partial charge in [-0.15, -0.1) is 0 Å². The van der Waals surface area contributed by atoms with Crippen molar-refractivity contribution < 1.29 is 18.3 Å². The molecule has 0 N–H and O–H groups in total. The minimum atomic E-state index is -2.68. The highest BCUT2D eigenvalue weighted by atomic mass is 79.9. The monoisotopic (exact) mass is 306 g/mol. The third-order valence-electron chi connectivity index (χ3n) is 2.37. The smallest absolute Gasteiger partial charge is 0.356 e. The van der Waals surface area contributed by atoms with Crippen LogP contribution in [0.3, 0.4) is 0 Å². The number of hydrogen-bond acceptors (Lipinski definition) is 4. The van der Waals surface area contributed by atoms with Crippen molar-refractivity contribution in [3.63, 3.8) is 0 Å². The van der Waals surface area contributed by atoms with E-state index in [-0.39, 0.29) is 18.8 Å². The maximum absolute atomic E-state index is 12.8. The quantitative estimate of drug-likeness (QED) is 0.785. The van der Waals surface area contributed by atoms with Crippen molar-refractivity contribution in [2.24, 2.45) is 0 Å². The van der Waals surface area contributed by atoms with Crippen LogP contribution in [0.4, 0.5) is 14.6 Å². The zero-order valence-corrected chi connectivity index (χ0v) is 10.5. The van der Waals surface area contributed by atoms with Gasteiger partial charge in [-0.2, -0.15) is 0 Å². The molecule has 1 aliphatic rings. The van der Waals surface area contributed by atoms with Gasteiger partial charge in [-0.3, -0.25) is 0 Å². The molecule has 7 heteroatoms. The van der Waals surface area contributed by atoms with E-state index in [4.69, 9.17) is 0 Å². The summed E-state index contributed by atoms with van der Waals surface area (Å²) in [6.45, 7) is -0.771. The minimum Gasteiger partial charge on any atom is -0.464 e. The van der Waals surface area contributed by atoms with Crippen LogP contribution in [0.15, 0.2) is 16.6 Å². The molecule has 0 aromatic carbocycles. The zero-order chi connectivity index (χ0) is 12.6. The van der Waals surface area contributed by atoms with Gasteiger partial charge in [0.15, 0.2) is 5.69 Å². The van der Waals surface area contributed by atoms with Crippen LogP contribution in [0.25, 0.3) is 0 Å². The van der Waals surface area contributed by atoms with Crippen LogP contribution in [0, 0.1) is 0 Å². The Bertz CT molecular complexity index is 460. The molecule has 2 heterocycles. The lowest BCUT2D eigenvalue weighted by Crippen LogP contribution is -2.56. The summed E-state index contributed by atoms with van der Waals surface area (Å²) in [5.41, 5.74) is 0.0981. The molecule has 0 saturated carbocycles. The van der Waals surface area contributed by atoms with Gasteiger partial charge in [0.1, 0.15) is 5.82 Å². The fourth-order valence-corrected chi connectivity index (χ4v) is 2.00. The summed E-state index contributed by atoms with van der Waals surface area (Å²) >= 11 is 3.21. The molecule has 0 aliphatic carbocycles. The Balaban J connectivity index is 2.25. The van der Waals surface area contributed by atoms with E-state index in [1.807, 2.05) is 0 Å². The number of anilines is 1. The van der Waals surface area contributed by atoms with E-state index in [9.17, 15) is 13.6 Å². The lowest BCUT2D eigenvalue weighted by molar-refractivity contribution is -0.0267. The highest BCUT2D eigenvalue weighted by Crippen LogP contribution is 2.34. The van der Waals surface area contributed by atoms with Crippen molar-refractivity contribution in [2.75, 3.05) is 25.1 Å². The van der Waals surface area contributed by atoms with Gasteiger partial charge < -0.3 is 9.64 Å². The molecular weight excluding hydrogens is 298 g/mol. The van der Waals surface area contributed by atoms with Crippen LogP contribution in [0.1, 0.15) is 10.5 Å². The Morgan fingerprint density at radius 1 is 1.53 bits per heavy atom. The standard InChI is InChI=1S/C10H9BrF2N2O2/c1-17-9(16)7-3-2-6(11)8(14-7)15-4-10(12,13)5-15/h2-3H,4-5H2,1H3. The summed E-state index contributed by atoms with van der Waals surface area (Å²) in [4.78, 5) is 16.7. The third-order valence-corrected chi connectivity index (χ3v) is 2.98. The van der Waals surface area contributed by atoms with E-state index in [0.717, 1.165) is 0 Å². The number of esters is 1. The average Bonchev–Trinajstić information content (AvgIpc) is 2.25. The van der Waals surface area contributed by atoms with Gasteiger partial charge in [-0.05, 0) is 28.1 Å². The number of nitrogens with zero attached hydrogens (tertiary/aromatic N) is 2. The molecule has 0 radical (unpaired) electrons. The normalized spacial score (nSPS) is 17.5. The summed E-state index contributed by atoms with van der Waals surface area (Å²) in [7, 11) is 1.24. The van der Waals surface area contributed by atoms with Gasteiger partial charge in [0.2, 0.25) is 0 Å². The van der Waals surface area contributed by atoms with Gasteiger partial charge in [0, 0.05) is 0 Å². The number of aromatic nitrogens is 1. The number of carbonyl (C=O) groups is 1. The summed E-state index contributed by atoms with van der Waals surface area (Å²) in [5, 5.41) is 0. The van der Waals surface area contributed by atoms with E-state index < -0.39 is 11.9 Å². The first-order chi connectivity index (χ1) is 7.93. The Morgan fingerprint density at radius 3 is 2.71 bits per heavy atom. The van der Waals surface area contributed by atoms with Crippen molar-refractivity contribution in [2.45, 2.75) is 5.92 Å². The van der Waals surface area contributed by atoms with Gasteiger partial charge >= 0.3 is 5.97 Å². The van der Waals surface area contributed by atoms with Crippen LogP contribution in [0.5, 0.6) is 0 Å². The van der Waals surface area contributed by atoms with Crippen molar-refractivity contribution in [3.05, 3.63) is 22.3 Å². The first kappa shape index (κ1) is 12.2. The van der Waals surface area contributed by atoms with Crippen molar-refractivity contribution >= 4 is 27.7 Å². The number of hydrogen-bond donors (Lipinski definition) is 0. The SMILES string of the molecule is COC(=O)c1ccc(Br)c(N2CC(F)(F)C2)n1. The minimum absolute atomic E-state index is 0.0981. The third kappa shape index (κ3) is 2.38. The van der Waals surface area contributed by atoms with Crippen molar-refractivity contribution in [1.29, 1.82) is 0 Å². The van der Waals surface area contributed by atoms with Crippen molar-refractivity contribution in [3.8, 4) is 0 Å². The summed E-state index contributed by atoms with van der Waals surface area (Å²) < 4.78 is 30.6. The molecule has 1 fully saturated rings. The fraction of sp³-hybridized carbons (Fsp3) is 0.400. The van der Waals surface area contributed by atoms with E-state index in [2.05, 4.69) is 25.7 Å². The lowest BCUT2D eigenvalue weighted by Gasteiger charge is -2.40. The molecule has 1 aromatic rings.